The molecule has 1 aliphatic heterocycles. The number of carbonyl (C=O) groups excluding carboxylic acids is 1. The van der Waals surface area contributed by atoms with Crippen LogP contribution in [0.3, 0.4) is 0 Å². The molecule has 0 aromatic heterocycles. The van der Waals surface area contributed by atoms with E-state index in [1.807, 2.05) is 72.8 Å². The van der Waals surface area contributed by atoms with Crippen molar-refractivity contribution in [1.82, 2.24) is 4.90 Å². The normalized spacial score (nSPS) is 16.5. The fraction of sp³-hybridized carbons (Fsp3) is 0.0833. The van der Waals surface area contributed by atoms with Crippen LogP contribution < -0.4 is 0 Å². The Morgan fingerprint density at radius 3 is 2.32 bits per heavy atom. The van der Waals surface area contributed by atoms with Crippen molar-refractivity contribution in [2.45, 2.75) is 13.1 Å². The molecule has 0 atom stereocenters. The molecular formula is C24H18BrIN2O2S. The maximum Gasteiger partial charge on any atom is 0.267 e. The first-order valence-electron chi connectivity index (χ1n) is 9.53. The van der Waals surface area contributed by atoms with Crippen LogP contribution >= 0.6 is 50.3 Å². The minimum Gasteiger partial charge on any atom is -0.506 e. The van der Waals surface area contributed by atoms with Gasteiger partial charge in [0.15, 0.2) is 5.17 Å². The molecule has 0 unspecified atom stereocenters. The lowest BCUT2D eigenvalue weighted by atomic mass is 10.2. The van der Waals surface area contributed by atoms with E-state index in [1.165, 1.54) is 11.8 Å². The zero-order valence-corrected chi connectivity index (χ0v) is 20.9. The van der Waals surface area contributed by atoms with Gasteiger partial charge in [-0.25, -0.2) is 0 Å². The Morgan fingerprint density at radius 2 is 1.68 bits per heavy atom. The largest absolute Gasteiger partial charge is 0.506 e. The van der Waals surface area contributed by atoms with Crippen molar-refractivity contribution in [1.29, 1.82) is 0 Å². The Kier molecular flexibility index (Phi) is 7.14. The van der Waals surface area contributed by atoms with Crippen molar-refractivity contribution in [3.8, 4) is 5.75 Å². The molecule has 7 heteroatoms. The van der Waals surface area contributed by atoms with Crippen LogP contribution in [0.1, 0.15) is 16.7 Å². The lowest BCUT2D eigenvalue weighted by Crippen LogP contribution is -2.28. The van der Waals surface area contributed by atoms with E-state index in [9.17, 15) is 9.90 Å². The Bertz CT molecular complexity index is 1140. The van der Waals surface area contributed by atoms with Crippen molar-refractivity contribution >= 4 is 67.4 Å². The Labute approximate surface area is 207 Å². The van der Waals surface area contributed by atoms with Gasteiger partial charge in [0.25, 0.3) is 5.91 Å². The summed E-state index contributed by atoms with van der Waals surface area (Å²) in [4.78, 5) is 20.4. The molecule has 1 aliphatic rings. The average molecular weight is 605 g/mol. The quantitative estimate of drug-likeness (QED) is 0.270. The number of phenolic OH excluding ortho intramolecular Hbond substituents is 1. The van der Waals surface area contributed by atoms with E-state index in [-0.39, 0.29) is 11.7 Å². The highest BCUT2D eigenvalue weighted by atomic mass is 127. The number of hydrogen-bond donors (Lipinski definition) is 1. The van der Waals surface area contributed by atoms with E-state index in [1.54, 1.807) is 11.0 Å². The molecule has 1 heterocycles. The number of phenols is 1. The molecule has 31 heavy (non-hydrogen) atoms. The monoisotopic (exact) mass is 604 g/mol. The second-order valence-corrected chi connectivity index (χ2v) is 9.93. The lowest BCUT2D eigenvalue weighted by molar-refractivity contribution is -0.122. The van der Waals surface area contributed by atoms with Gasteiger partial charge in [0.05, 0.1) is 26.0 Å². The van der Waals surface area contributed by atoms with Gasteiger partial charge in [-0.15, -0.1) is 0 Å². The van der Waals surface area contributed by atoms with Gasteiger partial charge in [0.2, 0.25) is 0 Å². The fourth-order valence-electron chi connectivity index (χ4n) is 3.09. The van der Waals surface area contributed by atoms with Crippen molar-refractivity contribution in [3.05, 3.63) is 102 Å². The van der Waals surface area contributed by atoms with Gasteiger partial charge in [0.1, 0.15) is 5.75 Å². The predicted octanol–water partition coefficient (Wildman–Crippen LogP) is 6.43. The van der Waals surface area contributed by atoms with Crippen molar-refractivity contribution < 1.29 is 9.90 Å². The third-order valence-electron chi connectivity index (χ3n) is 4.65. The maximum absolute atomic E-state index is 13.3. The molecule has 0 aliphatic carbocycles. The molecule has 1 amide bonds. The number of aromatic hydroxyl groups is 1. The van der Waals surface area contributed by atoms with Gasteiger partial charge in [-0.2, -0.15) is 0 Å². The van der Waals surface area contributed by atoms with E-state index in [2.05, 4.69) is 38.5 Å². The highest BCUT2D eigenvalue weighted by Gasteiger charge is 2.33. The van der Waals surface area contributed by atoms with Gasteiger partial charge in [-0.3, -0.25) is 14.7 Å². The summed E-state index contributed by atoms with van der Waals surface area (Å²) in [7, 11) is 0. The van der Waals surface area contributed by atoms with Crippen LogP contribution in [0.25, 0.3) is 6.08 Å². The summed E-state index contributed by atoms with van der Waals surface area (Å²) in [5.41, 5.74) is 2.98. The SMILES string of the molecule is O=C1/C(=C/c2cc(Br)c(O)c(I)c2)SC(=NCc2ccccc2)N1Cc1ccccc1. The highest BCUT2D eigenvalue weighted by molar-refractivity contribution is 14.1. The van der Waals surface area contributed by atoms with Crippen molar-refractivity contribution in [2.24, 2.45) is 4.99 Å². The number of benzene rings is 3. The summed E-state index contributed by atoms with van der Waals surface area (Å²) >= 11 is 6.83. The zero-order valence-electron chi connectivity index (χ0n) is 16.3. The summed E-state index contributed by atoms with van der Waals surface area (Å²) < 4.78 is 1.31. The van der Waals surface area contributed by atoms with E-state index >= 15 is 0 Å². The first-order valence-corrected chi connectivity index (χ1v) is 12.2. The van der Waals surface area contributed by atoms with E-state index < -0.39 is 0 Å². The summed E-state index contributed by atoms with van der Waals surface area (Å²) in [5, 5.41) is 10.7. The molecule has 0 bridgehead atoms. The molecule has 1 N–H and O–H groups in total. The minimum absolute atomic E-state index is 0.0696. The molecule has 4 nitrogen and oxygen atoms in total. The highest BCUT2D eigenvalue weighted by Crippen LogP contribution is 2.36. The standard InChI is InChI=1S/C24H18BrIN2O2S/c25-19-11-18(12-20(26)22(19)29)13-21-23(30)28(15-17-9-5-2-6-10-17)24(31-21)27-14-16-7-3-1-4-8-16/h1-13,29H,14-15H2/b21-13-,27-24?. The summed E-state index contributed by atoms with van der Waals surface area (Å²) in [5.74, 6) is 0.129. The van der Waals surface area contributed by atoms with Crippen molar-refractivity contribution in [2.75, 3.05) is 0 Å². The van der Waals surface area contributed by atoms with E-state index in [0.29, 0.717) is 31.2 Å². The van der Waals surface area contributed by atoms with Crippen LogP contribution in [-0.4, -0.2) is 21.1 Å². The number of rotatable bonds is 5. The van der Waals surface area contributed by atoms with Crippen molar-refractivity contribution in [3.63, 3.8) is 0 Å². The Morgan fingerprint density at radius 1 is 1.03 bits per heavy atom. The maximum atomic E-state index is 13.3. The van der Waals surface area contributed by atoms with E-state index in [0.717, 1.165) is 16.7 Å². The summed E-state index contributed by atoms with van der Waals surface area (Å²) in [6.45, 7) is 0.978. The molecule has 1 saturated heterocycles. The first-order chi connectivity index (χ1) is 15.0. The molecule has 4 rings (SSSR count). The third-order valence-corrected chi connectivity index (χ3v) is 7.12. The second kappa shape index (κ2) is 10.0. The van der Waals surface area contributed by atoms with Crippen LogP contribution in [-0.2, 0) is 17.9 Å². The number of aliphatic imine (C=N–C) groups is 1. The topological polar surface area (TPSA) is 52.9 Å². The number of amidine groups is 1. The Balaban J connectivity index is 1.66. The van der Waals surface area contributed by atoms with Crippen LogP contribution in [0.2, 0.25) is 0 Å². The summed E-state index contributed by atoms with van der Waals surface area (Å²) in [6, 6.07) is 23.6. The molecule has 0 radical (unpaired) electrons. The number of carbonyl (C=O) groups is 1. The third kappa shape index (κ3) is 5.39. The number of hydrogen-bond acceptors (Lipinski definition) is 4. The Hall–Kier alpha value is -2.10. The van der Waals surface area contributed by atoms with Gasteiger partial charge < -0.3 is 5.11 Å². The number of halogens is 2. The zero-order chi connectivity index (χ0) is 21.8. The molecule has 3 aromatic carbocycles. The fourth-order valence-corrected chi connectivity index (χ4v) is 5.57. The van der Waals surface area contributed by atoms with E-state index in [4.69, 9.17) is 4.99 Å². The molecule has 0 saturated carbocycles. The predicted molar refractivity (Wildman–Crippen MR) is 139 cm³/mol. The minimum atomic E-state index is -0.0696. The number of thioether (sulfide) groups is 1. The van der Waals surface area contributed by atoms with Crippen LogP contribution in [0.4, 0.5) is 0 Å². The molecule has 3 aromatic rings. The van der Waals surface area contributed by atoms with Crippen LogP contribution in [0.5, 0.6) is 5.75 Å². The molecule has 1 fully saturated rings. The lowest BCUT2D eigenvalue weighted by Gasteiger charge is -2.15. The second-order valence-electron chi connectivity index (χ2n) is 6.91. The van der Waals surface area contributed by atoms with Gasteiger partial charge in [-0.05, 0) is 85.2 Å². The van der Waals surface area contributed by atoms with Gasteiger partial charge >= 0.3 is 0 Å². The average Bonchev–Trinajstić information content (AvgIpc) is 3.06. The first kappa shape index (κ1) is 22.1. The number of amides is 1. The smallest absolute Gasteiger partial charge is 0.267 e. The number of nitrogens with zero attached hydrogens (tertiary/aromatic N) is 2. The van der Waals surface area contributed by atoms with Gasteiger partial charge in [-0.1, -0.05) is 60.7 Å². The molecule has 156 valence electrons. The summed E-state index contributed by atoms with van der Waals surface area (Å²) in [6.07, 6.45) is 1.85. The van der Waals surface area contributed by atoms with Crippen LogP contribution in [0, 0.1) is 3.57 Å². The van der Waals surface area contributed by atoms with Crippen LogP contribution in [0.15, 0.2) is 87.2 Å². The van der Waals surface area contributed by atoms with Gasteiger partial charge in [0, 0.05) is 0 Å². The molecular weight excluding hydrogens is 587 g/mol. The molecule has 0 spiro atoms.